The van der Waals surface area contributed by atoms with Gasteiger partial charge in [0.2, 0.25) is 0 Å². The summed E-state index contributed by atoms with van der Waals surface area (Å²) in [6.07, 6.45) is 0.429. The van der Waals surface area contributed by atoms with E-state index < -0.39 is 0 Å². The lowest BCUT2D eigenvalue weighted by molar-refractivity contribution is -0.138. The maximum absolute atomic E-state index is 11.3. The molecule has 80 valence electrons. The largest absolute Gasteiger partial charge is 0.463 e. The summed E-state index contributed by atoms with van der Waals surface area (Å²) >= 11 is 5.96. The Morgan fingerprint density at radius 3 is 2.73 bits per heavy atom. The second-order valence-corrected chi connectivity index (χ2v) is 3.50. The number of carbonyl (C=O) groups excluding carboxylic acids is 1. The van der Waals surface area contributed by atoms with E-state index in [1.54, 1.807) is 13.0 Å². The van der Waals surface area contributed by atoms with Crippen LogP contribution in [0.4, 0.5) is 0 Å². The molecular weight excluding hydrogens is 212 g/mol. The first-order valence-corrected chi connectivity index (χ1v) is 5.11. The Labute approximate surface area is 94.5 Å². The monoisotopic (exact) mass is 224 g/mol. The lowest BCUT2D eigenvalue weighted by Crippen LogP contribution is -2.08. The Balaban J connectivity index is 2.67. The van der Waals surface area contributed by atoms with E-state index in [0.29, 0.717) is 23.6 Å². The van der Waals surface area contributed by atoms with Gasteiger partial charge >= 0.3 is 5.97 Å². The molecular formula is C12H13ClO2. The van der Waals surface area contributed by atoms with Crippen molar-refractivity contribution in [1.29, 1.82) is 0 Å². The van der Waals surface area contributed by atoms with Crippen LogP contribution in [0.15, 0.2) is 36.4 Å². The Kier molecular flexibility index (Phi) is 4.37. The van der Waals surface area contributed by atoms with Gasteiger partial charge in [0.1, 0.15) is 0 Å². The van der Waals surface area contributed by atoms with Crippen LogP contribution in [0, 0.1) is 0 Å². The van der Waals surface area contributed by atoms with Gasteiger partial charge in [0, 0.05) is 17.0 Å². The molecule has 2 nitrogen and oxygen atoms in total. The molecule has 0 aliphatic carbocycles. The van der Waals surface area contributed by atoms with Crippen molar-refractivity contribution < 1.29 is 9.53 Å². The van der Waals surface area contributed by atoms with Gasteiger partial charge in [-0.05, 0) is 18.6 Å². The van der Waals surface area contributed by atoms with Crippen LogP contribution >= 0.6 is 11.6 Å². The van der Waals surface area contributed by atoms with E-state index in [9.17, 15) is 4.79 Å². The second-order valence-electron chi connectivity index (χ2n) is 3.09. The summed E-state index contributed by atoms with van der Waals surface area (Å²) in [6, 6.07) is 7.38. The van der Waals surface area contributed by atoms with E-state index in [-0.39, 0.29) is 5.97 Å². The van der Waals surface area contributed by atoms with Crippen LogP contribution in [0.5, 0.6) is 0 Å². The number of hydrogen-bond acceptors (Lipinski definition) is 2. The maximum atomic E-state index is 11.3. The first-order valence-electron chi connectivity index (χ1n) is 4.73. The molecule has 0 radical (unpaired) electrons. The molecule has 0 aromatic heterocycles. The Morgan fingerprint density at radius 2 is 2.13 bits per heavy atom. The lowest BCUT2D eigenvalue weighted by atomic mass is 10.1. The summed E-state index contributed by atoms with van der Waals surface area (Å²) in [6.45, 7) is 5.80. The van der Waals surface area contributed by atoms with E-state index in [4.69, 9.17) is 16.3 Å². The summed E-state index contributed by atoms with van der Waals surface area (Å²) in [5.41, 5.74) is 1.31. The fourth-order valence-electron chi connectivity index (χ4n) is 1.18. The zero-order valence-electron chi connectivity index (χ0n) is 8.63. The van der Waals surface area contributed by atoms with E-state index >= 15 is 0 Å². The van der Waals surface area contributed by atoms with Gasteiger partial charge in [-0.3, -0.25) is 0 Å². The van der Waals surface area contributed by atoms with Gasteiger partial charge in [-0.1, -0.05) is 36.4 Å². The standard InChI is InChI=1S/C12H13ClO2/c1-3-15-12(14)9(2)8-10-6-4-5-7-11(10)13/h4-7H,2-3,8H2,1H3. The minimum Gasteiger partial charge on any atom is -0.463 e. The summed E-state index contributed by atoms with van der Waals surface area (Å²) in [5, 5.41) is 0.642. The number of rotatable bonds is 4. The molecule has 0 heterocycles. The van der Waals surface area contributed by atoms with Crippen LogP contribution in [0.2, 0.25) is 5.02 Å². The van der Waals surface area contributed by atoms with Gasteiger partial charge < -0.3 is 4.74 Å². The third kappa shape index (κ3) is 3.40. The molecule has 1 aromatic carbocycles. The Morgan fingerprint density at radius 1 is 1.47 bits per heavy atom. The van der Waals surface area contributed by atoms with Crippen molar-refractivity contribution in [2.24, 2.45) is 0 Å². The van der Waals surface area contributed by atoms with Crippen molar-refractivity contribution in [3.63, 3.8) is 0 Å². The SMILES string of the molecule is C=C(Cc1ccccc1Cl)C(=O)OCC. The number of carbonyl (C=O) groups is 1. The predicted molar refractivity (Wildman–Crippen MR) is 60.9 cm³/mol. The van der Waals surface area contributed by atoms with Gasteiger partial charge in [0.15, 0.2) is 0 Å². The molecule has 1 aromatic rings. The second kappa shape index (κ2) is 5.56. The number of halogens is 1. The quantitative estimate of drug-likeness (QED) is 0.581. The highest BCUT2D eigenvalue weighted by Gasteiger charge is 2.09. The number of ether oxygens (including phenoxy) is 1. The first kappa shape index (κ1) is 11.8. The van der Waals surface area contributed by atoms with E-state index in [1.165, 1.54) is 0 Å². The van der Waals surface area contributed by atoms with Crippen LogP contribution in [0.25, 0.3) is 0 Å². The smallest absolute Gasteiger partial charge is 0.333 e. The van der Waals surface area contributed by atoms with Crippen molar-refractivity contribution in [2.75, 3.05) is 6.61 Å². The molecule has 0 amide bonds. The molecule has 0 atom stereocenters. The van der Waals surface area contributed by atoms with E-state index in [0.717, 1.165) is 5.56 Å². The van der Waals surface area contributed by atoms with Crippen molar-refractivity contribution >= 4 is 17.6 Å². The van der Waals surface area contributed by atoms with Crippen LogP contribution in [-0.4, -0.2) is 12.6 Å². The average Bonchev–Trinajstić information content (AvgIpc) is 2.21. The molecule has 15 heavy (non-hydrogen) atoms. The van der Waals surface area contributed by atoms with E-state index in [1.807, 2.05) is 18.2 Å². The molecule has 0 bridgehead atoms. The Bertz CT molecular complexity index is 372. The molecule has 0 aliphatic rings. The zero-order chi connectivity index (χ0) is 11.3. The highest BCUT2D eigenvalue weighted by atomic mass is 35.5. The minimum absolute atomic E-state index is 0.361. The maximum Gasteiger partial charge on any atom is 0.333 e. The fraction of sp³-hybridized carbons (Fsp3) is 0.250. The minimum atomic E-state index is -0.364. The molecule has 0 saturated heterocycles. The third-order valence-corrected chi connectivity index (χ3v) is 2.29. The van der Waals surface area contributed by atoms with Gasteiger partial charge in [0.05, 0.1) is 6.61 Å². The van der Waals surface area contributed by atoms with Crippen LogP contribution < -0.4 is 0 Å². The van der Waals surface area contributed by atoms with Crippen LogP contribution in [0.1, 0.15) is 12.5 Å². The molecule has 0 fully saturated rings. The molecule has 1 rings (SSSR count). The topological polar surface area (TPSA) is 26.3 Å². The third-order valence-electron chi connectivity index (χ3n) is 1.93. The van der Waals surface area contributed by atoms with Crippen LogP contribution in [0.3, 0.4) is 0 Å². The van der Waals surface area contributed by atoms with Crippen LogP contribution in [-0.2, 0) is 16.0 Å². The zero-order valence-corrected chi connectivity index (χ0v) is 9.38. The molecule has 0 aliphatic heterocycles. The highest BCUT2D eigenvalue weighted by molar-refractivity contribution is 6.31. The van der Waals surface area contributed by atoms with Crippen molar-refractivity contribution in [1.82, 2.24) is 0 Å². The van der Waals surface area contributed by atoms with E-state index in [2.05, 4.69) is 6.58 Å². The molecule has 0 saturated carbocycles. The first-order chi connectivity index (χ1) is 7.15. The fourth-order valence-corrected chi connectivity index (χ4v) is 1.38. The molecule has 0 N–H and O–H groups in total. The Hall–Kier alpha value is -1.28. The highest BCUT2D eigenvalue weighted by Crippen LogP contribution is 2.18. The van der Waals surface area contributed by atoms with Crippen molar-refractivity contribution in [2.45, 2.75) is 13.3 Å². The summed E-state index contributed by atoms with van der Waals surface area (Å²) in [4.78, 5) is 11.3. The van der Waals surface area contributed by atoms with Crippen molar-refractivity contribution in [3.8, 4) is 0 Å². The van der Waals surface area contributed by atoms with Crippen molar-refractivity contribution in [3.05, 3.63) is 47.0 Å². The van der Waals surface area contributed by atoms with Gasteiger partial charge in [0.25, 0.3) is 0 Å². The summed E-state index contributed by atoms with van der Waals surface area (Å²) in [5.74, 6) is -0.364. The lowest BCUT2D eigenvalue weighted by Gasteiger charge is -2.06. The average molecular weight is 225 g/mol. The normalized spacial score (nSPS) is 9.73. The van der Waals surface area contributed by atoms with Gasteiger partial charge in [-0.15, -0.1) is 0 Å². The summed E-state index contributed by atoms with van der Waals surface area (Å²) in [7, 11) is 0. The molecule has 0 unspecified atom stereocenters. The number of benzene rings is 1. The predicted octanol–water partition coefficient (Wildman–Crippen LogP) is 3.00. The van der Waals surface area contributed by atoms with Gasteiger partial charge in [-0.2, -0.15) is 0 Å². The molecule has 3 heteroatoms. The molecule has 0 spiro atoms. The van der Waals surface area contributed by atoms with Gasteiger partial charge in [-0.25, -0.2) is 4.79 Å². The number of esters is 1. The summed E-state index contributed by atoms with van der Waals surface area (Å²) < 4.78 is 4.83. The number of hydrogen-bond donors (Lipinski definition) is 0.